The summed E-state index contributed by atoms with van der Waals surface area (Å²) >= 11 is 0. The molecule has 1 aliphatic carbocycles. The Balaban J connectivity index is 0.000000437. The van der Waals surface area contributed by atoms with E-state index in [0.717, 1.165) is 19.3 Å². The summed E-state index contributed by atoms with van der Waals surface area (Å²) in [6, 6.07) is 0.279. The molecule has 0 saturated heterocycles. The molecule has 0 aliphatic heterocycles. The Hall–Kier alpha value is -1.33. The lowest BCUT2D eigenvalue weighted by Crippen LogP contribution is -2.22. The molecular formula is C15H23NO. The van der Waals surface area contributed by atoms with E-state index in [1.807, 2.05) is 19.9 Å². The molecule has 0 aromatic rings. The van der Waals surface area contributed by atoms with Gasteiger partial charge in [0.1, 0.15) is 0 Å². The first-order chi connectivity index (χ1) is 7.95. The lowest BCUT2D eigenvalue weighted by molar-refractivity contribution is -0.112. The van der Waals surface area contributed by atoms with Gasteiger partial charge in [0.15, 0.2) is 5.78 Å². The van der Waals surface area contributed by atoms with Gasteiger partial charge in [-0.2, -0.15) is 0 Å². The lowest BCUT2D eigenvalue weighted by atomic mass is 9.95. The van der Waals surface area contributed by atoms with Gasteiger partial charge >= 0.3 is 0 Å². The first-order valence-electron chi connectivity index (χ1n) is 6.05. The minimum atomic E-state index is 0.0926. The fourth-order valence-corrected chi connectivity index (χ4v) is 1.33. The number of ketones is 1. The van der Waals surface area contributed by atoms with Gasteiger partial charge in [-0.15, -0.1) is 12.3 Å². The van der Waals surface area contributed by atoms with Gasteiger partial charge in [-0.3, -0.25) is 4.79 Å². The number of carbonyl (C=O) groups excluding carboxylic acids is 1. The molecule has 1 atom stereocenters. The maximum atomic E-state index is 10.6. The van der Waals surface area contributed by atoms with E-state index in [9.17, 15) is 4.79 Å². The van der Waals surface area contributed by atoms with Gasteiger partial charge in [0.25, 0.3) is 0 Å². The van der Waals surface area contributed by atoms with Crippen LogP contribution in [0.3, 0.4) is 0 Å². The zero-order valence-corrected chi connectivity index (χ0v) is 11.1. The quantitative estimate of drug-likeness (QED) is 0.588. The molecule has 2 heteroatoms. The second kappa shape index (κ2) is 8.78. The third-order valence-electron chi connectivity index (χ3n) is 2.31. The van der Waals surface area contributed by atoms with Gasteiger partial charge in [0, 0.05) is 12.0 Å². The lowest BCUT2D eigenvalue weighted by Gasteiger charge is -2.16. The highest BCUT2D eigenvalue weighted by molar-refractivity contribution is 5.87. The molecule has 0 aromatic carbocycles. The van der Waals surface area contributed by atoms with E-state index in [1.54, 1.807) is 13.0 Å². The molecule has 17 heavy (non-hydrogen) atoms. The van der Waals surface area contributed by atoms with Crippen LogP contribution in [0, 0.1) is 18.3 Å². The van der Waals surface area contributed by atoms with Crippen molar-refractivity contribution in [1.29, 1.82) is 0 Å². The van der Waals surface area contributed by atoms with Gasteiger partial charge in [-0.05, 0) is 32.3 Å². The Morgan fingerprint density at radius 1 is 1.65 bits per heavy atom. The minimum absolute atomic E-state index is 0.0926. The smallest absolute Gasteiger partial charge is 0.152 e. The van der Waals surface area contributed by atoms with E-state index in [0.29, 0.717) is 5.92 Å². The van der Waals surface area contributed by atoms with Crippen LogP contribution in [0.5, 0.6) is 0 Å². The summed E-state index contributed by atoms with van der Waals surface area (Å²) < 4.78 is 0. The Morgan fingerprint density at radius 2 is 2.24 bits per heavy atom. The minimum Gasteiger partial charge on any atom is -0.327 e. The van der Waals surface area contributed by atoms with Crippen molar-refractivity contribution < 1.29 is 4.79 Å². The second-order valence-corrected chi connectivity index (χ2v) is 4.59. The average Bonchev–Trinajstić information content (AvgIpc) is 2.27. The number of carbonyl (C=O) groups is 1. The van der Waals surface area contributed by atoms with Crippen LogP contribution in [0.25, 0.3) is 0 Å². The molecule has 0 radical (unpaired) electrons. The SMILES string of the molecule is C#CC(C)C.CC(=O)/C=C/C1=CCC[C@@H](N)C1. The summed E-state index contributed by atoms with van der Waals surface area (Å²) in [4.78, 5) is 10.6. The number of hydrogen-bond donors (Lipinski definition) is 1. The summed E-state index contributed by atoms with van der Waals surface area (Å²) in [7, 11) is 0. The summed E-state index contributed by atoms with van der Waals surface area (Å²) in [6.45, 7) is 5.53. The van der Waals surface area contributed by atoms with Crippen molar-refractivity contribution in [3.05, 3.63) is 23.8 Å². The molecule has 0 amide bonds. The maximum Gasteiger partial charge on any atom is 0.152 e. The molecule has 2 N–H and O–H groups in total. The first kappa shape index (κ1) is 15.7. The van der Waals surface area contributed by atoms with Crippen LogP contribution in [-0.2, 0) is 4.79 Å². The van der Waals surface area contributed by atoms with Gasteiger partial charge in [0.05, 0.1) is 0 Å². The van der Waals surface area contributed by atoms with Crippen LogP contribution in [0.15, 0.2) is 23.8 Å². The van der Waals surface area contributed by atoms with Crippen molar-refractivity contribution in [2.45, 2.75) is 46.1 Å². The second-order valence-electron chi connectivity index (χ2n) is 4.59. The highest BCUT2D eigenvalue weighted by Crippen LogP contribution is 2.17. The van der Waals surface area contributed by atoms with Crippen molar-refractivity contribution in [2.75, 3.05) is 0 Å². The third-order valence-corrected chi connectivity index (χ3v) is 2.31. The molecular weight excluding hydrogens is 210 g/mol. The van der Waals surface area contributed by atoms with Crippen LogP contribution >= 0.6 is 0 Å². The predicted octanol–water partition coefficient (Wildman–Crippen LogP) is 2.84. The Morgan fingerprint density at radius 3 is 2.65 bits per heavy atom. The van der Waals surface area contributed by atoms with Crippen LogP contribution in [0.2, 0.25) is 0 Å². The number of hydrogen-bond acceptors (Lipinski definition) is 2. The topological polar surface area (TPSA) is 43.1 Å². The van der Waals surface area contributed by atoms with Crippen LogP contribution < -0.4 is 5.73 Å². The maximum absolute atomic E-state index is 10.6. The van der Waals surface area contributed by atoms with Crippen LogP contribution in [0.1, 0.15) is 40.0 Å². The molecule has 1 rings (SSSR count). The first-order valence-corrected chi connectivity index (χ1v) is 6.05. The molecule has 1 aliphatic rings. The molecule has 0 fully saturated rings. The zero-order valence-electron chi connectivity index (χ0n) is 11.1. The summed E-state index contributed by atoms with van der Waals surface area (Å²) in [6.07, 6.45) is 13.6. The standard InChI is InChI=1S/C10H15NO.C5H8/c1-8(12)5-6-9-3-2-4-10(11)7-9;1-4-5(2)3/h3,5-6,10H,2,4,7,11H2,1H3;1,5H,2-3H3/b6-5+;/t10-;/m1./s1. The molecule has 0 bridgehead atoms. The van der Waals surface area contributed by atoms with Crippen LogP contribution in [0.4, 0.5) is 0 Å². The zero-order chi connectivity index (χ0) is 13.3. The Labute approximate surface area is 105 Å². The molecule has 0 heterocycles. The van der Waals surface area contributed by atoms with Gasteiger partial charge < -0.3 is 5.73 Å². The van der Waals surface area contributed by atoms with E-state index in [2.05, 4.69) is 12.0 Å². The summed E-state index contributed by atoms with van der Waals surface area (Å²) in [5.41, 5.74) is 6.97. The summed E-state index contributed by atoms with van der Waals surface area (Å²) in [5, 5.41) is 0. The van der Waals surface area contributed by atoms with Gasteiger partial charge in [-0.25, -0.2) is 0 Å². The highest BCUT2D eigenvalue weighted by atomic mass is 16.1. The number of nitrogens with two attached hydrogens (primary N) is 1. The van der Waals surface area contributed by atoms with Crippen molar-refractivity contribution in [2.24, 2.45) is 11.7 Å². The largest absolute Gasteiger partial charge is 0.327 e. The fourth-order valence-electron chi connectivity index (χ4n) is 1.33. The normalized spacial score (nSPS) is 19.3. The van der Waals surface area contributed by atoms with E-state index in [1.165, 1.54) is 5.57 Å². The van der Waals surface area contributed by atoms with E-state index >= 15 is 0 Å². The molecule has 0 spiro atoms. The van der Waals surface area contributed by atoms with Crippen molar-refractivity contribution in [3.8, 4) is 12.3 Å². The molecule has 0 unspecified atom stereocenters. The molecule has 0 saturated carbocycles. The monoisotopic (exact) mass is 233 g/mol. The van der Waals surface area contributed by atoms with Crippen molar-refractivity contribution in [1.82, 2.24) is 0 Å². The van der Waals surface area contributed by atoms with Crippen molar-refractivity contribution in [3.63, 3.8) is 0 Å². The molecule has 94 valence electrons. The Bertz CT molecular complexity index is 331. The predicted molar refractivity (Wildman–Crippen MR) is 73.4 cm³/mol. The molecule has 2 nitrogen and oxygen atoms in total. The highest BCUT2D eigenvalue weighted by Gasteiger charge is 2.08. The third kappa shape index (κ3) is 9.59. The van der Waals surface area contributed by atoms with Crippen molar-refractivity contribution >= 4 is 5.78 Å². The van der Waals surface area contributed by atoms with E-state index in [-0.39, 0.29) is 11.8 Å². The van der Waals surface area contributed by atoms with E-state index < -0.39 is 0 Å². The fraction of sp³-hybridized carbons (Fsp3) is 0.533. The number of rotatable bonds is 2. The van der Waals surface area contributed by atoms with Crippen LogP contribution in [-0.4, -0.2) is 11.8 Å². The van der Waals surface area contributed by atoms with Gasteiger partial charge in [0.2, 0.25) is 0 Å². The van der Waals surface area contributed by atoms with E-state index in [4.69, 9.17) is 12.2 Å². The average molecular weight is 233 g/mol. The Kier molecular flexibility index (Phi) is 8.09. The number of terminal acetylenes is 1. The summed E-state index contributed by atoms with van der Waals surface area (Å²) in [5.74, 6) is 3.03. The number of allylic oxidation sites excluding steroid dienone is 3. The molecule has 0 aromatic heterocycles. The van der Waals surface area contributed by atoms with Gasteiger partial charge in [-0.1, -0.05) is 31.6 Å².